The molecule has 0 atom stereocenters. The molecule has 0 bridgehead atoms. The maximum absolute atomic E-state index is 13.9. The van der Waals surface area contributed by atoms with E-state index in [9.17, 15) is 14.0 Å². The van der Waals surface area contributed by atoms with E-state index in [1.807, 2.05) is 0 Å². The van der Waals surface area contributed by atoms with E-state index in [4.69, 9.17) is 9.57 Å². The van der Waals surface area contributed by atoms with Crippen molar-refractivity contribution < 1.29 is 18.8 Å². The molecule has 9 nitrogen and oxygen atoms in total. The Morgan fingerprint density at radius 3 is 2.76 bits per heavy atom. The number of rotatable bonds is 5. The van der Waals surface area contributed by atoms with Gasteiger partial charge in [0.25, 0.3) is 5.56 Å². The van der Waals surface area contributed by atoms with E-state index in [1.54, 1.807) is 39.0 Å². The molecule has 0 aliphatic carbocycles. The van der Waals surface area contributed by atoms with Gasteiger partial charge in [-0.3, -0.25) is 14.1 Å². The summed E-state index contributed by atoms with van der Waals surface area (Å²) in [5.41, 5.74) is 1.65. The second-order valence-corrected chi connectivity index (χ2v) is 8.94. The Hall–Kier alpha value is -3.44. The third-order valence-electron chi connectivity index (χ3n) is 4.66. The molecule has 2 heterocycles. The lowest BCUT2D eigenvalue weighted by molar-refractivity contribution is 0.0574. The fourth-order valence-corrected chi connectivity index (χ4v) is 3.85. The average Bonchev–Trinajstić information content (AvgIpc) is 3.03. The van der Waals surface area contributed by atoms with Crippen LogP contribution in [-0.2, 0) is 16.1 Å². The molecule has 172 valence electrons. The Kier molecular flexibility index (Phi) is 6.09. The van der Waals surface area contributed by atoms with Crippen LogP contribution in [0.3, 0.4) is 0 Å². The maximum atomic E-state index is 13.9. The number of amides is 1. The minimum atomic E-state index is -0.584. The topological polar surface area (TPSA) is 107 Å². The highest BCUT2D eigenvalue weighted by Crippen LogP contribution is 2.28. The molecule has 0 fully saturated rings. The van der Waals surface area contributed by atoms with Gasteiger partial charge in [-0.1, -0.05) is 11.2 Å². The third-order valence-corrected chi connectivity index (χ3v) is 5.22. The molecule has 0 unspecified atom stereocenters. The first-order chi connectivity index (χ1) is 15.7. The highest BCUT2D eigenvalue weighted by molar-refractivity contribution is 7.95. The Labute approximate surface area is 193 Å². The van der Waals surface area contributed by atoms with Crippen molar-refractivity contribution in [2.75, 3.05) is 7.11 Å². The van der Waals surface area contributed by atoms with Crippen molar-refractivity contribution in [1.29, 1.82) is 0 Å². The van der Waals surface area contributed by atoms with Crippen LogP contribution in [0.5, 0.6) is 0 Å². The van der Waals surface area contributed by atoms with Crippen molar-refractivity contribution in [1.82, 2.24) is 19.0 Å². The Balaban J connectivity index is 1.59. The van der Waals surface area contributed by atoms with Crippen LogP contribution >= 0.6 is 12.1 Å². The molecule has 0 spiro atoms. The second-order valence-electron chi connectivity index (χ2n) is 8.24. The summed E-state index contributed by atoms with van der Waals surface area (Å²) in [7, 11) is 1.38. The molecule has 1 aliphatic heterocycles. The number of benzene rings is 2. The zero-order valence-electron chi connectivity index (χ0n) is 18.4. The molecule has 4 rings (SSSR count). The van der Waals surface area contributed by atoms with E-state index in [0.29, 0.717) is 28.7 Å². The van der Waals surface area contributed by atoms with Crippen LogP contribution in [0.15, 0.2) is 46.3 Å². The SMILES string of the molecule is CO/N=C1/c2cc(F)ccc2-n2c1nc1cc(CNSNC(=O)OC(C)(C)C)ccc1c2=O. The zero-order chi connectivity index (χ0) is 23.8. The van der Waals surface area contributed by atoms with E-state index in [1.165, 1.54) is 29.9 Å². The maximum Gasteiger partial charge on any atom is 0.418 e. The summed E-state index contributed by atoms with van der Waals surface area (Å²) >= 11 is 0.994. The number of halogens is 1. The number of ether oxygens (including phenoxy) is 1. The number of nitrogens with zero attached hydrogens (tertiary/aromatic N) is 3. The standard InChI is InChI=1S/C22H22FN5O4S/c1-22(2,3)32-21(30)27-33-24-11-12-5-7-14-16(9-12)25-19-18(26-31-4)15-10-13(23)6-8-17(15)28(19)20(14)29/h5-10,24H,11H2,1-4H3,(H,27,30)/b26-18-. The number of nitrogens with one attached hydrogen (secondary N) is 2. The van der Waals surface area contributed by atoms with Gasteiger partial charge in [-0.15, -0.1) is 0 Å². The summed E-state index contributed by atoms with van der Waals surface area (Å²) < 4.78 is 26.0. The molecule has 1 aromatic heterocycles. The molecule has 2 aromatic carbocycles. The second kappa shape index (κ2) is 8.83. The predicted molar refractivity (Wildman–Crippen MR) is 124 cm³/mol. The zero-order valence-corrected chi connectivity index (χ0v) is 19.2. The van der Waals surface area contributed by atoms with Gasteiger partial charge in [0.2, 0.25) is 0 Å². The quantitative estimate of drug-likeness (QED) is 0.261. The van der Waals surface area contributed by atoms with Crippen LogP contribution < -0.4 is 15.0 Å². The molecular formula is C22H22FN5O4S. The first kappa shape index (κ1) is 22.7. The van der Waals surface area contributed by atoms with Crippen LogP contribution in [0.1, 0.15) is 37.7 Å². The van der Waals surface area contributed by atoms with Crippen LogP contribution in [0.2, 0.25) is 0 Å². The summed E-state index contributed by atoms with van der Waals surface area (Å²) in [5, 5.41) is 4.39. The molecular weight excluding hydrogens is 449 g/mol. The van der Waals surface area contributed by atoms with Crippen LogP contribution in [0.4, 0.5) is 9.18 Å². The number of hydrogen-bond acceptors (Lipinski definition) is 8. The molecule has 33 heavy (non-hydrogen) atoms. The van der Waals surface area contributed by atoms with Gasteiger partial charge in [0.15, 0.2) is 11.5 Å². The van der Waals surface area contributed by atoms with E-state index in [0.717, 1.165) is 17.7 Å². The normalized spacial score (nSPS) is 13.7. The lowest BCUT2D eigenvalue weighted by Crippen LogP contribution is -2.30. The monoisotopic (exact) mass is 471 g/mol. The minimum Gasteiger partial charge on any atom is -0.443 e. The van der Waals surface area contributed by atoms with Crippen molar-refractivity contribution in [3.63, 3.8) is 0 Å². The van der Waals surface area contributed by atoms with E-state index in [2.05, 4.69) is 19.6 Å². The molecule has 1 aliphatic rings. The van der Waals surface area contributed by atoms with Gasteiger partial charge in [-0.05, 0) is 56.7 Å². The van der Waals surface area contributed by atoms with Crippen LogP contribution in [0, 0.1) is 5.82 Å². The van der Waals surface area contributed by atoms with Crippen molar-refractivity contribution >= 4 is 34.8 Å². The number of carbonyl (C=O) groups is 1. The van der Waals surface area contributed by atoms with Gasteiger partial charge in [-0.25, -0.2) is 18.9 Å². The lowest BCUT2D eigenvalue weighted by atomic mass is 10.1. The summed E-state index contributed by atoms with van der Waals surface area (Å²) in [6.07, 6.45) is -0.551. The Morgan fingerprint density at radius 2 is 2.03 bits per heavy atom. The fraction of sp³-hybridized carbons (Fsp3) is 0.273. The highest BCUT2D eigenvalue weighted by Gasteiger charge is 2.30. The van der Waals surface area contributed by atoms with E-state index in [-0.39, 0.29) is 17.1 Å². The third kappa shape index (κ3) is 4.69. The number of oxime groups is 1. The Morgan fingerprint density at radius 1 is 1.24 bits per heavy atom. The van der Waals surface area contributed by atoms with Crippen molar-refractivity contribution in [2.45, 2.75) is 32.9 Å². The summed E-state index contributed by atoms with van der Waals surface area (Å²) in [4.78, 5) is 34.5. The Bertz CT molecular complexity index is 1330. The molecule has 0 saturated heterocycles. The number of hydrogen-bond donors (Lipinski definition) is 2. The molecule has 0 radical (unpaired) electrons. The van der Waals surface area contributed by atoms with Gasteiger partial charge in [-0.2, -0.15) is 0 Å². The first-order valence-corrected chi connectivity index (χ1v) is 10.8. The van der Waals surface area contributed by atoms with Gasteiger partial charge in [0.05, 0.1) is 16.6 Å². The van der Waals surface area contributed by atoms with Gasteiger partial charge < -0.3 is 9.57 Å². The van der Waals surface area contributed by atoms with Crippen LogP contribution in [-0.4, -0.2) is 34.1 Å². The average molecular weight is 472 g/mol. The molecule has 1 amide bonds. The molecule has 3 aromatic rings. The summed E-state index contributed by atoms with van der Waals surface area (Å²) in [6, 6.07) is 9.36. The predicted octanol–water partition coefficient (Wildman–Crippen LogP) is 3.41. The smallest absolute Gasteiger partial charge is 0.418 e. The summed E-state index contributed by atoms with van der Waals surface area (Å²) in [6.45, 7) is 5.73. The van der Waals surface area contributed by atoms with Gasteiger partial charge in [0, 0.05) is 24.2 Å². The van der Waals surface area contributed by atoms with E-state index >= 15 is 0 Å². The van der Waals surface area contributed by atoms with Crippen molar-refractivity contribution in [2.24, 2.45) is 5.16 Å². The fourth-order valence-electron chi connectivity index (χ4n) is 3.41. The van der Waals surface area contributed by atoms with Crippen LogP contribution in [0.25, 0.3) is 16.6 Å². The summed E-state index contributed by atoms with van der Waals surface area (Å²) in [5.74, 6) is -0.171. The number of aromatic nitrogens is 2. The van der Waals surface area contributed by atoms with Gasteiger partial charge >= 0.3 is 6.09 Å². The van der Waals surface area contributed by atoms with Gasteiger partial charge in [0.1, 0.15) is 18.5 Å². The first-order valence-electron chi connectivity index (χ1n) is 10.0. The van der Waals surface area contributed by atoms with E-state index < -0.39 is 17.5 Å². The number of fused-ring (bicyclic) bond motifs is 4. The molecule has 11 heteroatoms. The highest BCUT2D eigenvalue weighted by atomic mass is 32.2. The molecule has 2 N–H and O–H groups in total. The van der Waals surface area contributed by atoms with Crippen molar-refractivity contribution in [3.05, 3.63) is 69.5 Å². The van der Waals surface area contributed by atoms with Crippen molar-refractivity contribution in [3.8, 4) is 5.69 Å². The minimum absolute atomic E-state index is 0.279. The molecule has 0 saturated carbocycles. The largest absolute Gasteiger partial charge is 0.443 e. The lowest BCUT2D eigenvalue weighted by Gasteiger charge is -2.19. The number of carbonyl (C=O) groups excluding carboxylic acids is 1.